The third-order valence-corrected chi connectivity index (χ3v) is 4.29. The average Bonchev–Trinajstić information content (AvgIpc) is 2.92. The number of carbonyl (C=O) groups excluding carboxylic acids is 1. The lowest BCUT2D eigenvalue weighted by Gasteiger charge is -2.08. The van der Waals surface area contributed by atoms with Gasteiger partial charge in [0.2, 0.25) is 5.91 Å². The Morgan fingerprint density at radius 1 is 1.32 bits per heavy atom. The first kappa shape index (κ1) is 17.2. The lowest BCUT2D eigenvalue weighted by molar-refractivity contribution is -0.121. The molecule has 0 aliphatic heterocycles. The summed E-state index contributed by atoms with van der Waals surface area (Å²) in [4.78, 5) is 24.9. The van der Waals surface area contributed by atoms with Gasteiger partial charge in [0.15, 0.2) is 0 Å². The van der Waals surface area contributed by atoms with E-state index >= 15 is 0 Å². The van der Waals surface area contributed by atoms with Crippen molar-refractivity contribution >= 4 is 28.4 Å². The van der Waals surface area contributed by atoms with E-state index in [0.717, 1.165) is 16.6 Å². The van der Waals surface area contributed by atoms with Crippen LogP contribution in [-0.2, 0) is 24.4 Å². The van der Waals surface area contributed by atoms with Gasteiger partial charge in [-0.2, -0.15) is 5.10 Å². The number of hydrogen-bond acceptors (Lipinski definition) is 3. The smallest absolute Gasteiger partial charge is 0.277 e. The number of pyridine rings is 1. The molecule has 3 rings (SSSR count). The topological polar surface area (TPSA) is 68.9 Å². The fourth-order valence-corrected chi connectivity index (χ4v) is 3.01. The van der Waals surface area contributed by atoms with Crippen LogP contribution in [-0.4, -0.2) is 20.3 Å². The Hall–Kier alpha value is -2.60. The molecule has 1 amide bonds. The van der Waals surface area contributed by atoms with Gasteiger partial charge in [0.05, 0.1) is 5.69 Å². The summed E-state index contributed by atoms with van der Waals surface area (Å²) in [6.45, 7) is 4.73. The van der Waals surface area contributed by atoms with Gasteiger partial charge in [-0.05, 0) is 37.6 Å². The summed E-state index contributed by atoms with van der Waals surface area (Å²) in [5.41, 5.74) is 2.04. The molecule has 0 spiro atoms. The molecule has 1 aromatic carbocycles. The highest BCUT2D eigenvalue weighted by atomic mass is 35.5. The minimum atomic E-state index is -0.235. The molecule has 0 fully saturated rings. The van der Waals surface area contributed by atoms with Crippen molar-refractivity contribution in [1.29, 1.82) is 0 Å². The summed E-state index contributed by atoms with van der Waals surface area (Å²) < 4.78 is 3.08. The van der Waals surface area contributed by atoms with Crippen LogP contribution in [0.15, 0.2) is 41.3 Å². The second-order valence-corrected chi connectivity index (χ2v) is 6.26. The Morgan fingerprint density at radius 2 is 2.12 bits per heavy atom. The van der Waals surface area contributed by atoms with E-state index in [4.69, 9.17) is 11.6 Å². The molecule has 7 heteroatoms. The van der Waals surface area contributed by atoms with Gasteiger partial charge in [-0.15, -0.1) is 0 Å². The number of nitrogens with one attached hydrogen (secondary N) is 1. The molecule has 0 unspecified atom stereocenters. The van der Waals surface area contributed by atoms with Gasteiger partial charge in [-0.25, -0.2) is 0 Å². The van der Waals surface area contributed by atoms with Gasteiger partial charge in [-0.1, -0.05) is 23.7 Å². The molecular weight excluding hydrogens is 340 g/mol. The molecule has 1 N–H and O–H groups in total. The Bertz CT molecular complexity index is 990. The van der Waals surface area contributed by atoms with Gasteiger partial charge < -0.3 is 9.88 Å². The molecule has 0 bridgehead atoms. The number of carbonyl (C=O) groups is 1. The van der Waals surface area contributed by atoms with Crippen LogP contribution < -0.4 is 10.9 Å². The number of aryl methyl sites for hydroxylation is 2. The van der Waals surface area contributed by atoms with Gasteiger partial charge in [0.25, 0.3) is 5.56 Å². The second-order valence-electron chi connectivity index (χ2n) is 5.82. The van der Waals surface area contributed by atoms with Crippen LogP contribution in [0.2, 0.25) is 5.02 Å². The molecular formula is C18H19ClN4O2. The van der Waals surface area contributed by atoms with Gasteiger partial charge in [0.1, 0.15) is 12.1 Å². The van der Waals surface area contributed by atoms with Crippen LogP contribution in [0.5, 0.6) is 0 Å². The predicted molar refractivity (Wildman–Crippen MR) is 97.7 cm³/mol. The number of amides is 1. The van der Waals surface area contributed by atoms with Crippen LogP contribution in [0.25, 0.3) is 10.9 Å². The Labute approximate surface area is 150 Å². The van der Waals surface area contributed by atoms with Crippen LogP contribution in [0.1, 0.15) is 18.2 Å². The maximum atomic E-state index is 12.7. The molecule has 25 heavy (non-hydrogen) atoms. The third-order valence-electron chi connectivity index (χ3n) is 4.05. The molecule has 130 valence electrons. The molecule has 6 nitrogen and oxygen atoms in total. The highest BCUT2D eigenvalue weighted by Gasteiger charge is 2.13. The highest BCUT2D eigenvalue weighted by Crippen LogP contribution is 2.14. The van der Waals surface area contributed by atoms with Crippen molar-refractivity contribution in [2.75, 3.05) is 0 Å². The summed E-state index contributed by atoms with van der Waals surface area (Å²) in [5.74, 6) is -0.235. The second kappa shape index (κ2) is 7.11. The van der Waals surface area contributed by atoms with Crippen molar-refractivity contribution in [3.63, 3.8) is 0 Å². The summed E-state index contributed by atoms with van der Waals surface area (Å²) in [6.07, 6.45) is 1.64. The molecule has 2 heterocycles. The van der Waals surface area contributed by atoms with Crippen molar-refractivity contribution in [3.8, 4) is 0 Å². The Morgan fingerprint density at radius 3 is 2.84 bits per heavy atom. The van der Waals surface area contributed by atoms with Crippen LogP contribution in [0, 0.1) is 6.92 Å². The zero-order valence-corrected chi connectivity index (χ0v) is 14.9. The molecule has 0 saturated carbocycles. The molecule has 0 atom stereocenters. The molecule has 0 aliphatic carbocycles. The number of aromatic nitrogens is 3. The number of benzene rings is 1. The van der Waals surface area contributed by atoms with Crippen molar-refractivity contribution in [2.24, 2.45) is 0 Å². The van der Waals surface area contributed by atoms with E-state index < -0.39 is 0 Å². The quantitative estimate of drug-likeness (QED) is 0.761. The van der Waals surface area contributed by atoms with E-state index in [-0.39, 0.29) is 18.0 Å². The highest BCUT2D eigenvalue weighted by molar-refractivity contribution is 6.30. The van der Waals surface area contributed by atoms with Crippen LogP contribution in [0.4, 0.5) is 0 Å². The SMILES string of the molecule is CCn1nc(C)c2ccn(CC(=O)NCc3cccc(Cl)c3)c(=O)c21. The molecule has 0 aliphatic rings. The Balaban J connectivity index is 1.77. The van der Waals surface area contributed by atoms with Crippen molar-refractivity contribution in [3.05, 3.63) is 63.2 Å². The van der Waals surface area contributed by atoms with Crippen molar-refractivity contribution in [1.82, 2.24) is 19.7 Å². The van der Waals surface area contributed by atoms with E-state index in [0.29, 0.717) is 23.6 Å². The Kier molecular flexibility index (Phi) is 4.90. The number of fused-ring (bicyclic) bond motifs is 1. The first-order chi connectivity index (χ1) is 12.0. The number of hydrogen-bond donors (Lipinski definition) is 1. The number of nitrogens with zero attached hydrogens (tertiary/aromatic N) is 3. The standard InChI is InChI=1S/C18H19ClN4O2/c1-3-23-17-15(12(2)21-23)7-8-22(18(17)25)11-16(24)20-10-13-5-4-6-14(19)9-13/h4-9H,3,10-11H2,1-2H3,(H,20,24). The lowest BCUT2D eigenvalue weighted by atomic mass is 10.2. The molecule has 0 saturated heterocycles. The molecule has 3 aromatic rings. The van der Waals surface area contributed by atoms with Crippen molar-refractivity contribution in [2.45, 2.75) is 33.5 Å². The van der Waals surface area contributed by atoms with E-state index in [1.807, 2.05) is 32.0 Å². The van der Waals surface area contributed by atoms with E-state index in [9.17, 15) is 9.59 Å². The van der Waals surface area contributed by atoms with Crippen LogP contribution in [0.3, 0.4) is 0 Å². The molecule has 2 aromatic heterocycles. The average molecular weight is 359 g/mol. The summed E-state index contributed by atoms with van der Waals surface area (Å²) >= 11 is 5.93. The fourth-order valence-electron chi connectivity index (χ4n) is 2.80. The minimum Gasteiger partial charge on any atom is -0.350 e. The summed E-state index contributed by atoms with van der Waals surface area (Å²) in [6, 6.07) is 9.11. The van der Waals surface area contributed by atoms with Gasteiger partial charge in [-0.3, -0.25) is 14.3 Å². The first-order valence-corrected chi connectivity index (χ1v) is 8.45. The number of rotatable bonds is 5. The number of halogens is 1. The fraction of sp³-hybridized carbons (Fsp3) is 0.278. The first-order valence-electron chi connectivity index (χ1n) is 8.07. The monoisotopic (exact) mass is 358 g/mol. The summed E-state index contributed by atoms with van der Waals surface area (Å²) in [7, 11) is 0. The third kappa shape index (κ3) is 3.58. The van der Waals surface area contributed by atoms with E-state index in [2.05, 4.69) is 10.4 Å². The largest absolute Gasteiger partial charge is 0.350 e. The maximum Gasteiger partial charge on any atom is 0.277 e. The summed E-state index contributed by atoms with van der Waals surface area (Å²) in [5, 5.41) is 8.61. The normalized spacial score (nSPS) is 11.0. The van der Waals surface area contributed by atoms with Crippen molar-refractivity contribution < 1.29 is 4.79 Å². The van der Waals surface area contributed by atoms with Crippen LogP contribution >= 0.6 is 11.6 Å². The van der Waals surface area contributed by atoms with E-state index in [1.165, 1.54) is 4.57 Å². The minimum absolute atomic E-state index is 0.0384. The zero-order valence-electron chi connectivity index (χ0n) is 14.1. The maximum absolute atomic E-state index is 12.7. The molecule has 0 radical (unpaired) electrons. The zero-order chi connectivity index (χ0) is 18.0. The van der Waals surface area contributed by atoms with Gasteiger partial charge >= 0.3 is 0 Å². The predicted octanol–water partition coefficient (Wildman–Crippen LogP) is 2.50. The van der Waals surface area contributed by atoms with Gasteiger partial charge in [0, 0.05) is 29.7 Å². The van der Waals surface area contributed by atoms with E-state index in [1.54, 1.807) is 23.0 Å². The lowest BCUT2D eigenvalue weighted by Crippen LogP contribution is -2.32.